The van der Waals surface area contributed by atoms with E-state index in [4.69, 9.17) is 4.74 Å². The Labute approximate surface area is 173 Å². The third-order valence-corrected chi connectivity index (χ3v) is 4.02. The Morgan fingerprint density at radius 1 is 1.07 bits per heavy atom. The summed E-state index contributed by atoms with van der Waals surface area (Å²) in [5.74, 6) is -1.37. The fraction of sp³-hybridized carbons (Fsp3) is 0.227. The Balaban J connectivity index is 1.92. The number of nitrogens with one attached hydrogen (secondary N) is 1. The average molecular weight is 410 g/mol. The highest BCUT2D eigenvalue weighted by Gasteiger charge is 2.21. The number of nitro groups is 1. The van der Waals surface area contributed by atoms with Crippen molar-refractivity contribution in [3.8, 4) is 0 Å². The van der Waals surface area contributed by atoms with Crippen LogP contribution in [0.4, 0.5) is 11.4 Å². The second-order valence-electron chi connectivity index (χ2n) is 7.46. The molecule has 156 valence electrons. The Morgan fingerprint density at radius 2 is 1.70 bits per heavy atom. The van der Waals surface area contributed by atoms with Crippen LogP contribution >= 0.6 is 0 Å². The van der Waals surface area contributed by atoms with Crippen molar-refractivity contribution in [3.63, 3.8) is 0 Å². The normalized spacial score (nSPS) is 11.2. The molecule has 2 aromatic carbocycles. The van der Waals surface area contributed by atoms with Crippen LogP contribution in [-0.2, 0) is 14.3 Å². The van der Waals surface area contributed by atoms with Gasteiger partial charge in [-0.2, -0.15) is 0 Å². The summed E-state index contributed by atoms with van der Waals surface area (Å²) >= 11 is 0. The number of carbonyl (C=O) groups excluding carboxylic acids is 3. The number of ketones is 1. The van der Waals surface area contributed by atoms with Crippen LogP contribution in [0.15, 0.2) is 54.6 Å². The van der Waals surface area contributed by atoms with E-state index in [0.717, 1.165) is 6.08 Å². The summed E-state index contributed by atoms with van der Waals surface area (Å²) in [6.07, 6.45) is 2.29. The zero-order valence-corrected chi connectivity index (χ0v) is 16.9. The molecule has 0 heterocycles. The molecule has 0 radical (unpaired) electrons. The van der Waals surface area contributed by atoms with E-state index in [1.165, 1.54) is 36.4 Å². The predicted molar refractivity (Wildman–Crippen MR) is 112 cm³/mol. The number of para-hydroxylation sites is 1. The number of nitro benzene ring substituents is 1. The molecule has 1 amide bonds. The van der Waals surface area contributed by atoms with Crippen molar-refractivity contribution in [2.45, 2.75) is 20.8 Å². The zero-order chi connectivity index (χ0) is 22.3. The highest BCUT2D eigenvalue weighted by Crippen LogP contribution is 2.19. The molecule has 0 aromatic heterocycles. The lowest BCUT2D eigenvalue weighted by Gasteiger charge is -2.17. The molecule has 0 aliphatic rings. The number of amides is 1. The Bertz CT molecular complexity index is 987. The fourth-order valence-corrected chi connectivity index (χ4v) is 2.28. The van der Waals surface area contributed by atoms with Crippen molar-refractivity contribution < 1.29 is 24.0 Å². The molecule has 0 aliphatic carbocycles. The van der Waals surface area contributed by atoms with Crippen LogP contribution in [-0.4, -0.2) is 29.2 Å². The molecular weight excluding hydrogens is 388 g/mol. The summed E-state index contributed by atoms with van der Waals surface area (Å²) < 4.78 is 4.90. The highest BCUT2D eigenvalue weighted by molar-refractivity contribution is 6.00. The van der Waals surface area contributed by atoms with Gasteiger partial charge >= 0.3 is 5.97 Å². The molecule has 0 bridgehead atoms. The van der Waals surface area contributed by atoms with Crippen molar-refractivity contribution in [1.82, 2.24) is 0 Å². The van der Waals surface area contributed by atoms with E-state index in [0.29, 0.717) is 11.3 Å². The summed E-state index contributed by atoms with van der Waals surface area (Å²) in [6.45, 7) is 4.89. The van der Waals surface area contributed by atoms with Crippen molar-refractivity contribution in [3.05, 3.63) is 75.8 Å². The third kappa shape index (κ3) is 6.37. The molecule has 0 spiro atoms. The summed E-state index contributed by atoms with van der Waals surface area (Å²) in [5, 5.41) is 13.7. The summed E-state index contributed by atoms with van der Waals surface area (Å²) in [5.41, 5.74) is 0.432. The van der Waals surface area contributed by atoms with Crippen LogP contribution in [0.2, 0.25) is 0 Å². The first kappa shape index (κ1) is 22.5. The lowest BCUT2D eigenvalue weighted by atomic mass is 9.95. The molecule has 30 heavy (non-hydrogen) atoms. The van der Waals surface area contributed by atoms with Crippen LogP contribution < -0.4 is 5.32 Å². The van der Waals surface area contributed by atoms with Gasteiger partial charge in [0.1, 0.15) is 0 Å². The number of ether oxygens (including phenoxy) is 1. The summed E-state index contributed by atoms with van der Waals surface area (Å²) in [6, 6.07) is 12.2. The average Bonchev–Trinajstić information content (AvgIpc) is 2.70. The van der Waals surface area contributed by atoms with Gasteiger partial charge in [0.05, 0.1) is 10.5 Å². The first-order valence-corrected chi connectivity index (χ1v) is 9.11. The first-order valence-electron chi connectivity index (χ1n) is 9.11. The van der Waals surface area contributed by atoms with E-state index < -0.39 is 28.7 Å². The molecule has 0 saturated carbocycles. The molecule has 0 unspecified atom stereocenters. The van der Waals surface area contributed by atoms with Gasteiger partial charge in [-0.05, 0) is 36.4 Å². The topological polar surface area (TPSA) is 116 Å². The van der Waals surface area contributed by atoms with Crippen LogP contribution in [0.25, 0.3) is 6.08 Å². The molecule has 8 heteroatoms. The van der Waals surface area contributed by atoms with Gasteiger partial charge in [-0.3, -0.25) is 19.7 Å². The van der Waals surface area contributed by atoms with Crippen molar-refractivity contribution in [2.24, 2.45) is 5.41 Å². The molecule has 2 rings (SSSR count). The quantitative estimate of drug-likeness (QED) is 0.242. The lowest BCUT2D eigenvalue weighted by Crippen LogP contribution is -2.27. The maximum Gasteiger partial charge on any atom is 0.331 e. The number of hydrogen-bond acceptors (Lipinski definition) is 6. The Hall–Kier alpha value is -3.81. The molecule has 1 N–H and O–H groups in total. The van der Waals surface area contributed by atoms with E-state index in [-0.39, 0.29) is 17.2 Å². The van der Waals surface area contributed by atoms with Gasteiger partial charge in [0.2, 0.25) is 5.91 Å². The maximum atomic E-state index is 12.2. The second kappa shape index (κ2) is 9.60. The van der Waals surface area contributed by atoms with E-state index in [2.05, 4.69) is 5.32 Å². The van der Waals surface area contributed by atoms with Gasteiger partial charge in [0, 0.05) is 28.8 Å². The minimum absolute atomic E-state index is 0.142. The second-order valence-corrected chi connectivity index (χ2v) is 7.46. The van der Waals surface area contributed by atoms with E-state index in [1.807, 2.05) is 0 Å². The van der Waals surface area contributed by atoms with E-state index in [9.17, 15) is 24.5 Å². The van der Waals surface area contributed by atoms with Gasteiger partial charge in [-0.25, -0.2) is 4.79 Å². The predicted octanol–water partition coefficient (Wildman–Crippen LogP) is 4.02. The van der Waals surface area contributed by atoms with Crippen molar-refractivity contribution >= 4 is 35.1 Å². The van der Waals surface area contributed by atoms with E-state index in [1.54, 1.807) is 39.0 Å². The number of nitrogens with zero attached hydrogens (tertiary/aromatic N) is 1. The van der Waals surface area contributed by atoms with Gasteiger partial charge in [0.25, 0.3) is 5.69 Å². The van der Waals surface area contributed by atoms with Gasteiger partial charge in [-0.1, -0.05) is 32.9 Å². The van der Waals surface area contributed by atoms with Crippen LogP contribution in [0.5, 0.6) is 0 Å². The van der Waals surface area contributed by atoms with Gasteiger partial charge in [0.15, 0.2) is 12.4 Å². The SMILES string of the molecule is CC(C)(C)C(=O)Nc1ccc(C(=O)COC(=O)/C=C/c2ccccc2[N+](=O)[O-])cc1. The van der Waals surface area contributed by atoms with E-state index >= 15 is 0 Å². The Morgan fingerprint density at radius 3 is 2.30 bits per heavy atom. The molecule has 0 atom stereocenters. The van der Waals surface area contributed by atoms with Crippen LogP contribution in [0.3, 0.4) is 0 Å². The molecule has 0 fully saturated rings. The highest BCUT2D eigenvalue weighted by atomic mass is 16.6. The maximum absolute atomic E-state index is 12.2. The van der Waals surface area contributed by atoms with Crippen molar-refractivity contribution in [2.75, 3.05) is 11.9 Å². The standard InChI is InChI=1S/C22H22N2O6/c1-22(2,3)21(27)23-17-11-8-16(9-12-17)19(25)14-30-20(26)13-10-15-6-4-5-7-18(15)24(28)29/h4-13H,14H2,1-3H3,(H,23,27)/b13-10+. The third-order valence-electron chi connectivity index (χ3n) is 4.02. The summed E-state index contributed by atoms with van der Waals surface area (Å²) in [4.78, 5) is 46.4. The number of Topliss-reactive ketones (excluding diaryl/α,β-unsaturated/α-hetero) is 1. The lowest BCUT2D eigenvalue weighted by molar-refractivity contribution is -0.385. The van der Waals surface area contributed by atoms with Gasteiger partial charge in [-0.15, -0.1) is 0 Å². The molecule has 0 saturated heterocycles. The van der Waals surface area contributed by atoms with Gasteiger partial charge < -0.3 is 10.1 Å². The monoisotopic (exact) mass is 410 g/mol. The smallest absolute Gasteiger partial charge is 0.331 e. The van der Waals surface area contributed by atoms with Crippen LogP contribution in [0.1, 0.15) is 36.7 Å². The number of benzene rings is 2. The number of carbonyl (C=O) groups is 3. The first-order chi connectivity index (χ1) is 14.1. The van der Waals surface area contributed by atoms with Crippen molar-refractivity contribution in [1.29, 1.82) is 0 Å². The number of hydrogen-bond donors (Lipinski definition) is 1. The largest absolute Gasteiger partial charge is 0.454 e. The summed E-state index contributed by atoms with van der Waals surface area (Å²) in [7, 11) is 0. The molecule has 0 aliphatic heterocycles. The fourth-order valence-electron chi connectivity index (χ4n) is 2.28. The zero-order valence-electron chi connectivity index (χ0n) is 16.9. The van der Waals surface area contributed by atoms with Crippen LogP contribution in [0, 0.1) is 15.5 Å². The molecule has 8 nitrogen and oxygen atoms in total. The minimum Gasteiger partial charge on any atom is -0.454 e. The molecular formula is C22H22N2O6. The Kier molecular flexibility index (Phi) is 7.19. The molecule has 2 aromatic rings. The number of esters is 1. The minimum atomic E-state index is -0.796. The number of anilines is 1. The number of rotatable bonds is 7.